The van der Waals surface area contributed by atoms with Gasteiger partial charge in [0, 0.05) is 36.0 Å². The van der Waals surface area contributed by atoms with Crippen LogP contribution in [-0.4, -0.2) is 24.2 Å². The largest absolute Gasteiger partial charge is 0.422 e. The summed E-state index contributed by atoms with van der Waals surface area (Å²) in [6.07, 6.45) is 2.26. The van der Waals surface area contributed by atoms with Gasteiger partial charge in [-0.25, -0.2) is 4.79 Å². The van der Waals surface area contributed by atoms with Gasteiger partial charge < -0.3 is 9.32 Å². The molecule has 0 aliphatic rings. The van der Waals surface area contributed by atoms with E-state index in [0.29, 0.717) is 12.0 Å². The van der Waals surface area contributed by atoms with Crippen molar-refractivity contribution in [3.8, 4) is 0 Å². The van der Waals surface area contributed by atoms with Crippen LogP contribution in [-0.2, 0) is 6.42 Å². The smallest absolute Gasteiger partial charge is 0.336 e. The SMILES string of the molecule is C=CCc1c(SC(=O)N(C)C)ccc2ccc(=O)oc12. The fraction of sp³-hybridized carbons (Fsp3) is 0.200. The lowest BCUT2D eigenvalue weighted by Crippen LogP contribution is -2.16. The molecule has 2 rings (SSSR count). The second-order valence-corrected chi connectivity index (χ2v) is 5.46. The van der Waals surface area contributed by atoms with Crippen molar-refractivity contribution < 1.29 is 9.21 Å². The van der Waals surface area contributed by atoms with E-state index in [1.54, 1.807) is 26.2 Å². The van der Waals surface area contributed by atoms with E-state index in [9.17, 15) is 9.59 Å². The van der Waals surface area contributed by atoms with Crippen LogP contribution < -0.4 is 5.63 Å². The molecule has 0 saturated carbocycles. The molecule has 0 N–H and O–H groups in total. The highest BCUT2D eigenvalue weighted by Crippen LogP contribution is 2.31. The molecule has 2 aromatic rings. The molecule has 1 heterocycles. The summed E-state index contributed by atoms with van der Waals surface area (Å²) >= 11 is 1.12. The van der Waals surface area contributed by atoms with Gasteiger partial charge in [0.1, 0.15) is 5.58 Å². The molecule has 0 atom stereocenters. The van der Waals surface area contributed by atoms with E-state index in [1.807, 2.05) is 12.1 Å². The highest BCUT2D eigenvalue weighted by molar-refractivity contribution is 8.13. The number of amides is 1. The van der Waals surface area contributed by atoms with Gasteiger partial charge in [0.15, 0.2) is 0 Å². The summed E-state index contributed by atoms with van der Waals surface area (Å²) < 4.78 is 5.29. The molecule has 0 bridgehead atoms. The van der Waals surface area contributed by atoms with Crippen LogP contribution in [0.1, 0.15) is 5.56 Å². The Bertz CT molecular complexity index is 719. The van der Waals surface area contributed by atoms with Crippen molar-refractivity contribution in [1.29, 1.82) is 0 Å². The van der Waals surface area contributed by atoms with Crippen molar-refractivity contribution in [2.45, 2.75) is 11.3 Å². The number of carbonyl (C=O) groups is 1. The highest BCUT2D eigenvalue weighted by Gasteiger charge is 2.14. The van der Waals surface area contributed by atoms with Gasteiger partial charge in [-0.15, -0.1) is 6.58 Å². The Kier molecular flexibility index (Phi) is 4.29. The summed E-state index contributed by atoms with van der Waals surface area (Å²) in [6.45, 7) is 3.72. The predicted molar refractivity (Wildman–Crippen MR) is 81.3 cm³/mol. The first kappa shape index (κ1) is 14.4. The molecular weight excluding hydrogens is 274 g/mol. The third-order valence-corrected chi connectivity index (χ3v) is 3.90. The number of fused-ring (bicyclic) bond motifs is 1. The van der Waals surface area contributed by atoms with E-state index in [2.05, 4.69) is 6.58 Å². The fourth-order valence-corrected chi connectivity index (χ4v) is 2.60. The maximum Gasteiger partial charge on any atom is 0.336 e. The van der Waals surface area contributed by atoms with Crippen molar-refractivity contribution in [3.63, 3.8) is 0 Å². The van der Waals surface area contributed by atoms with E-state index in [1.165, 1.54) is 11.0 Å². The maximum atomic E-state index is 11.8. The molecule has 1 aromatic carbocycles. The van der Waals surface area contributed by atoms with E-state index in [0.717, 1.165) is 27.6 Å². The number of hydrogen-bond donors (Lipinski definition) is 0. The molecule has 0 radical (unpaired) electrons. The zero-order valence-electron chi connectivity index (χ0n) is 11.4. The van der Waals surface area contributed by atoms with Crippen LogP contribution in [0.5, 0.6) is 0 Å². The Morgan fingerprint density at radius 1 is 1.35 bits per heavy atom. The van der Waals surface area contributed by atoms with Crippen LogP contribution in [0.15, 0.2) is 51.0 Å². The average molecular weight is 289 g/mol. The second kappa shape index (κ2) is 5.96. The Balaban J connectivity index is 2.59. The molecule has 0 spiro atoms. The van der Waals surface area contributed by atoms with E-state index in [4.69, 9.17) is 4.42 Å². The molecule has 0 aliphatic heterocycles. The van der Waals surface area contributed by atoms with Gasteiger partial charge in [0.2, 0.25) is 0 Å². The monoisotopic (exact) mass is 289 g/mol. The summed E-state index contributed by atoms with van der Waals surface area (Å²) in [5.74, 6) is 0. The number of benzene rings is 1. The molecule has 0 aliphatic carbocycles. The van der Waals surface area contributed by atoms with Gasteiger partial charge >= 0.3 is 5.63 Å². The summed E-state index contributed by atoms with van der Waals surface area (Å²) in [5.41, 5.74) is 0.938. The number of allylic oxidation sites excluding steroid dienone is 1. The second-order valence-electron chi connectivity index (χ2n) is 4.47. The molecule has 0 fully saturated rings. The molecule has 1 aromatic heterocycles. The normalized spacial score (nSPS) is 10.5. The van der Waals surface area contributed by atoms with Crippen LogP contribution >= 0.6 is 11.8 Å². The Labute approximate surface area is 121 Å². The lowest BCUT2D eigenvalue weighted by molar-refractivity contribution is 0.241. The number of nitrogens with zero attached hydrogens (tertiary/aromatic N) is 1. The number of hydrogen-bond acceptors (Lipinski definition) is 4. The van der Waals surface area contributed by atoms with E-state index < -0.39 is 5.63 Å². The van der Waals surface area contributed by atoms with Crippen molar-refractivity contribution >= 4 is 28.0 Å². The van der Waals surface area contributed by atoms with Crippen LogP contribution in [0.3, 0.4) is 0 Å². The first-order valence-corrected chi connectivity index (χ1v) is 6.90. The summed E-state index contributed by atoms with van der Waals surface area (Å²) in [4.78, 5) is 25.5. The minimum absolute atomic E-state index is 0.0760. The Morgan fingerprint density at radius 3 is 2.70 bits per heavy atom. The number of carbonyl (C=O) groups excluding carboxylic acids is 1. The maximum absolute atomic E-state index is 11.8. The average Bonchev–Trinajstić information content (AvgIpc) is 2.41. The van der Waals surface area contributed by atoms with Crippen LogP contribution in [0.4, 0.5) is 4.79 Å². The summed E-state index contributed by atoms with van der Waals surface area (Å²) in [5, 5.41) is 0.760. The van der Waals surface area contributed by atoms with Crippen LogP contribution in [0.25, 0.3) is 11.0 Å². The Hall–Kier alpha value is -2.01. The first-order chi connectivity index (χ1) is 9.52. The number of rotatable bonds is 3. The standard InChI is InChI=1S/C15H15NO3S/c1-4-5-11-12(20-15(18)16(2)3)8-6-10-7-9-13(17)19-14(10)11/h4,6-9H,1,5H2,2-3H3. The molecule has 0 saturated heterocycles. The molecular formula is C15H15NO3S. The van der Waals surface area contributed by atoms with Crippen molar-refractivity contribution in [2.24, 2.45) is 0 Å². The topological polar surface area (TPSA) is 50.5 Å². The minimum atomic E-state index is -0.399. The Morgan fingerprint density at radius 2 is 2.05 bits per heavy atom. The highest BCUT2D eigenvalue weighted by atomic mass is 32.2. The van der Waals surface area contributed by atoms with E-state index >= 15 is 0 Å². The van der Waals surface area contributed by atoms with Gasteiger partial charge in [0.05, 0.1) is 0 Å². The molecule has 1 amide bonds. The zero-order chi connectivity index (χ0) is 14.7. The summed E-state index contributed by atoms with van der Waals surface area (Å²) in [6, 6.07) is 6.82. The number of thioether (sulfide) groups is 1. The quantitative estimate of drug-likeness (QED) is 0.494. The van der Waals surface area contributed by atoms with Crippen molar-refractivity contribution in [3.05, 3.63) is 52.9 Å². The van der Waals surface area contributed by atoms with Gasteiger partial charge in [-0.3, -0.25) is 4.79 Å². The first-order valence-electron chi connectivity index (χ1n) is 6.08. The molecule has 104 valence electrons. The molecule has 5 heteroatoms. The van der Waals surface area contributed by atoms with Crippen LogP contribution in [0.2, 0.25) is 0 Å². The zero-order valence-corrected chi connectivity index (χ0v) is 12.2. The van der Waals surface area contributed by atoms with Crippen molar-refractivity contribution in [2.75, 3.05) is 14.1 Å². The lowest BCUT2D eigenvalue weighted by Gasteiger charge is -2.12. The fourth-order valence-electron chi connectivity index (χ4n) is 1.79. The minimum Gasteiger partial charge on any atom is -0.422 e. The van der Waals surface area contributed by atoms with Gasteiger partial charge in [-0.05, 0) is 30.3 Å². The van der Waals surface area contributed by atoms with Gasteiger partial charge in [0.25, 0.3) is 5.24 Å². The lowest BCUT2D eigenvalue weighted by atomic mass is 10.1. The van der Waals surface area contributed by atoms with Crippen LogP contribution in [0, 0.1) is 0 Å². The third kappa shape index (κ3) is 2.93. The molecule has 20 heavy (non-hydrogen) atoms. The van der Waals surface area contributed by atoms with Crippen molar-refractivity contribution in [1.82, 2.24) is 4.90 Å². The third-order valence-electron chi connectivity index (χ3n) is 2.76. The molecule has 4 nitrogen and oxygen atoms in total. The van der Waals surface area contributed by atoms with E-state index in [-0.39, 0.29) is 5.24 Å². The van der Waals surface area contributed by atoms with Gasteiger partial charge in [-0.1, -0.05) is 12.1 Å². The predicted octanol–water partition coefficient (Wildman–Crippen LogP) is 3.30. The van der Waals surface area contributed by atoms with Gasteiger partial charge in [-0.2, -0.15) is 0 Å². The molecule has 0 unspecified atom stereocenters. The summed E-state index contributed by atoms with van der Waals surface area (Å²) in [7, 11) is 3.40.